The first kappa shape index (κ1) is 25.5. The van der Waals surface area contributed by atoms with Crippen molar-refractivity contribution in [2.45, 2.75) is 63.7 Å². The van der Waals surface area contributed by atoms with Crippen molar-refractivity contribution in [3.63, 3.8) is 0 Å². The number of fused-ring (bicyclic) bond motifs is 1. The molecule has 4 aliphatic rings. The van der Waals surface area contributed by atoms with E-state index in [4.69, 9.17) is 4.74 Å². The Morgan fingerprint density at radius 1 is 1.24 bits per heavy atom. The van der Waals surface area contributed by atoms with Crippen LogP contribution < -0.4 is 5.32 Å². The number of ether oxygens (including phenoxy) is 1. The van der Waals surface area contributed by atoms with E-state index < -0.39 is 18.3 Å². The van der Waals surface area contributed by atoms with Gasteiger partial charge in [-0.25, -0.2) is 9.37 Å². The summed E-state index contributed by atoms with van der Waals surface area (Å²) in [6, 6.07) is 1.75. The fourth-order valence-corrected chi connectivity index (χ4v) is 6.20. The van der Waals surface area contributed by atoms with Gasteiger partial charge in [-0.1, -0.05) is 18.2 Å². The van der Waals surface area contributed by atoms with Gasteiger partial charge in [-0.3, -0.25) is 9.59 Å². The van der Waals surface area contributed by atoms with Gasteiger partial charge < -0.3 is 14.6 Å². The fourth-order valence-electron chi connectivity index (χ4n) is 6.20. The van der Waals surface area contributed by atoms with E-state index in [-0.39, 0.29) is 35.8 Å². The number of aromatic nitrogens is 2. The first-order valence-corrected chi connectivity index (χ1v) is 12.3. The Morgan fingerprint density at radius 3 is 2.57 bits per heavy atom. The van der Waals surface area contributed by atoms with Crippen LogP contribution >= 0.6 is 0 Å². The van der Waals surface area contributed by atoms with E-state index in [9.17, 15) is 27.2 Å². The number of hydrogen-bond donors (Lipinski definition) is 1. The van der Waals surface area contributed by atoms with E-state index in [1.165, 1.54) is 26.2 Å². The smallest absolute Gasteiger partial charge is 0.397 e. The van der Waals surface area contributed by atoms with Crippen LogP contribution in [-0.4, -0.2) is 46.9 Å². The van der Waals surface area contributed by atoms with Crippen LogP contribution in [0.25, 0.3) is 11.0 Å². The van der Waals surface area contributed by atoms with Gasteiger partial charge in [-0.2, -0.15) is 13.2 Å². The summed E-state index contributed by atoms with van der Waals surface area (Å²) in [6.45, 7) is 0.557. The number of pyridine rings is 1. The number of esters is 1. The summed E-state index contributed by atoms with van der Waals surface area (Å²) >= 11 is 0. The predicted molar refractivity (Wildman–Crippen MR) is 129 cm³/mol. The minimum atomic E-state index is -4.35. The Morgan fingerprint density at radius 2 is 1.97 bits per heavy atom. The number of allylic oxidation sites excluding steroid dienone is 4. The minimum absolute atomic E-state index is 0.0279. The SMILES string of the molecule is COC(=O)CC12CC(NC(=O)c3cn(CCF)c4nccc(CC5=CCC(C)(C(F)(F)F)C=C5)c34)(C1)C2. The van der Waals surface area contributed by atoms with Gasteiger partial charge in [0.1, 0.15) is 12.3 Å². The molecule has 6 nitrogen and oxygen atoms in total. The number of nitrogens with one attached hydrogen (secondary N) is 1. The van der Waals surface area contributed by atoms with Gasteiger partial charge in [0, 0.05) is 23.3 Å². The summed E-state index contributed by atoms with van der Waals surface area (Å²) in [5.41, 5.74) is -0.118. The number of amides is 1. The van der Waals surface area contributed by atoms with E-state index in [0.29, 0.717) is 54.3 Å². The molecule has 3 saturated carbocycles. The fraction of sp³-hybridized carbons (Fsp3) is 0.519. The molecule has 1 amide bonds. The zero-order valence-electron chi connectivity index (χ0n) is 20.8. The van der Waals surface area contributed by atoms with Gasteiger partial charge in [0.15, 0.2) is 0 Å². The van der Waals surface area contributed by atoms with Crippen LogP contribution in [0.15, 0.2) is 42.3 Å². The lowest BCUT2D eigenvalue weighted by Crippen LogP contribution is -2.75. The third-order valence-corrected chi connectivity index (χ3v) is 8.18. The van der Waals surface area contributed by atoms with E-state index in [1.807, 2.05) is 0 Å². The maximum atomic E-state index is 13.4. The first-order chi connectivity index (χ1) is 17.4. The molecule has 1 unspecified atom stereocenters. The topological polar surface area (TPSA) is 73.2 Å². The summed E-state index contributed by atoms with van der Waals surface area (Å²) < 4.78 is 59.8. The van der Waals surface area contributed by atoms with Gasteiger partial charge in [-0.05, 0) is 61.6 Å². The number of hydrogen-bond acceptors (Lipinski definition) is 4. The van der Waals surface area contributed by atoms with Crippen molar-refractivity contribution in [1.29, 1.82) is 0 Å². The Labute approximate surface area is 211 Å². The molecule has 0 aliphatic heterocycles. The molecular weight excluding hydrogens is 490 g/mol. The Balaban J connectivity index is 1.39. The van der Waals surface area contributed by atoms with Gasteiger partial charge in [0.05, 0.1) is 31.1 Å². The van der Waals surface area contributed by atoms with Gasteiger partial charge in [0.2, 0.25) is 0 Å². The molecule has 37 heavy (non-hydrogen) atoms. The quantitative estimate of drug-likeness (QED) is 0.384. The van der Waals surface area contributed by atoms with E-state index in [2.05, 4.69) is 10.3 Å². The molecule has 0 spiro atoms. The van der Waals surface area contributed by atoms with Crippen molar-refractivity contribution in [2.24, 2.45) is 10.8 Å². The highest BCUT2D eigenvalue weighted by Gasteiger charge is 2.69. The molecule has 2 aromatic heterocycles. The molecule has 0 saturated heterocycles. The number of nitrogens with zero attached hydrogens (tertiary/aromatic N) is 2. The third kappa shape index (κ3) is 4.34. The summed E-state index contributed by atoms with van der Waals surface area (Å²) in [7, 11) is 1.36. The molecular formula is C27H29F4N3O3. The molecule has 2 heterocycles. The van der Waals surface area contributed by atoms with Crippen molar-refractivity contribution in [1.82, 2.24) is 14.9 Å². The second-order valence-corrected chi connectivity index (χ2v) is 11.0. The molecule has 0 aromatic carbocycles. The average Bonchev–Trinajstić information content (AvgIpc) is 3.17. The molecule has 1 N–H and O–H groups in total. The monoisotopic (exact) mass is 519 g/mol. The van der Waals surface area contributed by atoms with Crippen molar-refractivity contribution in [3.8, 4) is 0 Å². The van der Waals surface area contributed by atoms with E-state index in [0.717, 1.165) is 5.56 Å². The van der Waals surface area contributed by atoms with Crippen molar-refractivity contribution >= 4 is 22.9 Å². The van der Waals surface area contributed by atoms with Crippen LogP contribution in [0, 0.1) is 10.8 Å². The van der Waals surface area contributed by atoms with Crippen LogP contribution in [0.2, 0.25) is 0 Å². The Bertz CT molecular complexity index is 1310. The summed E-state index contributed by atoms with van der Waals surface area (Å²) in [5, 5.41) is 3.69. The Kier molecular flexibility index (Phi) is 5.99. The predicted octanol–water partition coefficient (Wildman–Crippen LogP) is 5.22. The summed E-state index contributed by atoms with van der Waals surface area (Å²) in [4.78, 5) is 29.5. The lowest BCUT2D eigenvalue weighted by molar-refractivity contribution is -0.199. The lowest BCUT2D eigenvalue weighted by atomic mass is 9.38. The summed E-state index contributed by atoms with van der Waals surface area (Å²) in [6.07, 6.45) is 5.67. The number of methoxy groups -OCH3 is 1. The molecule has 2 bridgehead atoms. The zero-order valence-corrected chi connectivity index (χ0v) is 20.8. The number of carbonyl (C=O) groups is 2. The average molecular weight is 520 g/mol. The Hall–Kier alpha value is -3.17. The number of alkyl halides is 4. The number of rotatable bonds is 8. The maximum Gasteiger partial charge on any atom is 0.397 e. The standard InChI is InChI=1S/C27H29F4N3O3/c1-24(27(29,30)31)6-3-17(4-7-24)11-18-5-9-32-22-21(18)19(13-34(22)10-8-28)23(36)33-26-14-25(15-26,16-26)12-20(35)37-2/h3-6,9,13H,7-8,10-12,14-16H2,1-2H3,(H,33,36). The van der Waals surface area contributed by atoms with Gasteiger partial charge in [-0.15, -0.1) is 0 Å². The molecule has 4 aliphatic carbocycles. The largest absolute Gasteiger partial charge is 0.469 e. The maximum absolute atomic E-state index is 13.4. The zero-order chi connectivity index (χ0) is 26.6. The van der Waals surface area contributed by atoms with Crippen molar-refractivity contribution < 1.29 is 31.9 Å². The molecule has 6 rings (SSSR count). The van der Waals surface area contributed by atoms with Crippen molar-refractivity contribution in [2.75, 3.05) is 13.8 Å². The third-order valence-electron chi connectivity index (χ3n) is 8.18. The molecule has 10 heteroatoms. The number of carbonyl (C=O) groups excluding carboxylic acids is 2. The second-order valence-electron chi connectivity index (χ2n) is 11.0. The molecule has 2 aromatic rings. The number of aryl methyl sites for hydroxylation is 1. The van der Waals surface area contributed by atoms with Crippen LogP contribution in [0.4, 0.5) is 17.6 Å². The van der Waals surface area contributed by atoms with Gasteiger partial charge in [0.25, 0.3) is 5.91 Å². The number of halogens is 4. The molecule has 0 radical (unpaired) electrons. The summed E-state index contributed by atoms with van der Waals surface area (Å²) in [5.74, 6) is -0.563. The highest BCUT2D eigenvalue weighted by Crippen LogP contribution is 2.69. The minimum Gasteiger partial charge on any atom is -0.469 e. The highest BCUT2D eigenvalue weighted by atomic mass is 19.4. The normalized spacial score (nSPS) is 28.3. The van der Waals surface area contributed by atoms with Crippen LogP contribution in [0.5, 0.6) is 0 Å². The molecule has 3 fully saturated rings. The van der Waals surface area contributed by atoms with Crippen LogP contribution in [0.3, 0.4) is 0 Å². The van der Waals surface area contributed by atoms with Gasteiger partial charge >= 0.3 is 12.1 Å². The lowest BCUT2D eigenvalue weighted by Gasteiger charge is -2.70. The van der Waals surface area contributed by atoms with E-state index in [1.54, 1.807) is 29.1 Å². The first-order valence-electron chi connectivity index (χ1n) is 12.3. The van der Waals surface area contributed by atoms with Crippen LogP contribution in [-0.2, 0) is 22.5 Å². The second kappa shape index (κ2) is 8.70. The van der Waals surface area contributed by atoms with E-state index >= 15 is 0 Å². The van der Waals surface area contributed by atoms with Crippen molar-refractivity contribution in [3.05, 3.63) is 53.4 Å². The molecule has 1 atom stereocenters. The molecule has 198 valence electrons. The van der Waals surface area contributed by atoms with Crippen LogP contribution in [0.1, 0.15) is 54.9 Å². The highest BCUT2D eigenvalue weighted by molar-refractivity contribution is 6.08.